The van der Waals surface area contributed by atoms with E-state index in [1.54, 1.807) is 6.07 Å². The van der Waals surface area contributed by atoms with Crippen molar-refractivity contribution in [3.63, 3.8) is 0 Å². The van der Waals surface area contributed by atoms with E-state index >= 15 is 0 Å². The Bertz CT molecular complexity index is 495. The first-order chi connectivity index (χ1) is 8.39. The minimum Gasteiger partial charge on any atom is -0.495 e. The Hall–Kier alpha value is -1.23. The van der Waals surface area contributed by atoms with E-state index in [2.05, 4.69) is 18.6 Å². The molecule has 102 valence electrons. The molecule has 5 heteroatoms. The van der Waals surface area contributed by atoms with Gasteiger partial charge >= 0.3 is 0 Å². The third-order valence-electron chi connectivity index (χ3n) is 2.63. The van der Waals surface area contributed by atoms with Crippen LogP contribution in [0.25, 0.3) is 0 Å². The van der Waals surface area contributed by atoms with Gasteiger partial charge in [-0.3, -0.25) is 4.72 Å². The van der Waals surface area contributed by atoms with Crippen LogP contribution in [0.1, 0.15) is 38.7 Å². The van der Waals surface area contributed by atoms with E-state index in [0.29, 0.717) is 23.8 Å². The standard InChI is InChI=1S/C13H21NO3S/c1-5-8-18(15,16)14-12-9-11(10(2)3)6-7-13(12)17-4/h6-7,9-10,14H,5,8H2,1-4H3. The number of sulfonamides is 1. The highest BCUT2D eigenvalue weighted by Crippen LogP contribution is 2.29. The quantitative estimate of drug-likeness (QED) is 0.865. The summed E-state index contributed by atoms with van der Waals surface area (Å²) in [6, 6.07) is 5.57. The average molecular weight is 271 g/mol. The molecule has 0 spiro atoms. The van der Waals surface area contributed by atoms with E-state index in [1.165, 1.54) is 7.11 Å². The van der Waals surface area contributed by atoms with E-state index in [4.69, 9.17) is 4.74 Å². The highest BCUT2D eigenvalue weighted by molar-refractivity contribution is 7.92. The van der Waals surface area contributed by atoms with Crippen molar-refractivity contribution in [3.05, 3.63) is 23.8 Å². The van der Waals surface area contributed by atoms with Crippen LogP contribution in [-0.2, 0) is 10.0 Å². The normalized spacial score (nSPS) is 11.6. The molecular weight excluding hydrogens is 250 g/mol. The van der Waals surface area contributed by atoms with Crippen molar-refractivity contribution in [2.45, 2.75) is 33.1 Å². The summed E-state index contributed by atoms with van der Waals surface area (Å²) in [5.41, 5.74) is 1.59. The van der Waals surface area contributed by atoms with Gasteiger partial charge in [0.05, 0.1) is 18.6 Å². The zero-order valence-electron chi connectivity index (χ0n) is 11.4. The molecule has 0 atom stereocenters. The van der Waals surface area contributed by atoms with Gasteiger partial charge in [0.15, 0.2) is 0 Å². The fraction of sp³-hybridized carbons (Fsp3) is 0.538. The third-order valence-corrected chi connectivity index (χ3v) is 4.11. The van der Waals surface area contributed by atoms with Gasteiger partial charge in [-0.15, -0.1) is 0 Å². The maximum Gasteiger partial charge on any atom is 0.232 e. The summed E-state index contributed by atoms with van der Waals surface area (Å²) >= 11 is 0. The van der Waals surface area contributed by atoms with Gasteiger partial charge in [0.2, 0.25) is 10.0 Å². The lowest BCUT2D eigenvalue weighted by Crippen LogP contribution is -2.16. The number of rotatable bonds is 6. The van der Waals surface area contributed by atoms with Crippen molar-refractivity contribution in [2.75, 3.05) is 17.6 Å². The topological polar surface area (TPSA) is 55.4 Å². The van der Waals surface area contributed by atoms with Crippen LogP contribution in [-0.4, -0.2) is 21.3 Å². The molecule has 0 aliphatic heterocycles. The molecule has 4 nitrogen and oxygen atoms in total. The minimum absolute atomic E-state index is 0.113. The van der Waals surface area contributed by atoms with Crippen molar-refractivity contribution in [1.29, 1.82) is 0 Å². The maximum atomic E-state index is 11.8. The molecule has 0 unspecified atom stereocenters. The van der Waals surface area contributed by atoms with Gasteiger partial charge in [-0.2, -0.15) is 0 Å². The van der Waals surface area contributed by atoms with Crippen LogP contribution < -0.4 is 9.46 Å². The summed E-state index contributed by atoms with van der Waals surface area (Å²) < 4.78 is 31.3. The van der Waals surface area contributed by atoms with Gasteiger partial charge in [-0.1, -0.05) is 26.8 Å². The van der Waals surface area contributed by atoms with Crippen LogP contribution >= 0.6 is 0 Å². The highest BCUT2D eigenvalue weighted by Gasteiger charge is 2.13. The minimum atomic E-state index is -3.29. The van der Waals surface area contributed by atoms with Gasteiger partial charge in [-0.05, 0) is 30.0 Å². The maximum absolute atomic E-state index is 11.8. The van der Waals surface area contributed by atoms with Gasteiger partial charge in [-0.25, -0.2) is 8.42 Å². The molecule has 0 amide bonds. The summed E-state index contributed by atoms with van der Waals surface area (Å²) in [5, 5.41) is 0. The molecule has 1 aromatic carbocycles. The highest BCUT2D eigenvalue weighted by atomic mass is 32.2. The second-order valence-corrected chi connectivity index (χ2v) is 6.38. The molecule has 0 bridgehead atoms. The molecule has 0 heterocycles. The second kappa shape index (κ2) is 6.09. The Balaban J connectivity index is 3.09. The number of nitrogens with one attached hydrogen (secondary N) is 1. The van der Waals surface area contributed by atoms with Crippen molar-refractivity contribution >= 4 is 15.7 Å². The van der Waals surface area contributed by atoms with Crippen LogP contribution in [0, 0.1) is 0 Å². The summed E-state index contributed by atoms with van der Waals surface area (Å²) in [6.45, 7) is 5.96. The monoisotopic (exact) mass is 271 g/mol. The van der Waals surface area contributed by atoms with E-state index in [1.807, 2.05) is 19.1 Å². The Labute approximate surface area is 109 Å². The Morgan fingerprint density at radius 1 is 1.33 bits per heavy atom. The molecule has 0 saturated carbocycles. The van der Waals surface area contributed by atoms with Crippen LogP contribution in [0.4, 0.5) is 5.69 Å². The molecule has 0 aliphatic carbocycles. The van der Waals surface area contributed by atoms with E-state index < -0.39 is 10.0 Å². The van der Waals surface area contributed by atoms with Crippen LogP contribution in [0.3, 0.4) is 0 Å². The number of ether oxygens (including phenoxy) is 1. The van der Waals surface area contributed by atoms with E-state index in [9.17, 15) is 8.42 Å². The number of methoxy groups -OCH3 is 1. The van der Waals surface area contributed by atoms with Crippen molar-refractivity contribution in [3.8, 4) is 5.75 Å². The average Bonchev–Trinajstić information content (AvgIpc) is 2.28. The molecule has 0 fully saturated rings. The SMILES string of the molecule is CCCS(=O)(=O)Nc1cc(C(C)C)ccc1OC. The first-order valence-electron chi connectivity index (χ1n) is 6.08. The van der Waals surface area contributed by atoms with Crippen LogP contribution in [0.15, 0.2) is 18.2 Å². The fourth-order valence-corrected chi connectivity index (χ4v) is 2.79. The van der Waals surface area contributed by atoms with Gasteiger partial charge in [0.25, 0.3) is 0 Å². The second-order valence-electron chi connectivity index (χ2n) is 4.54. The Kier molecular flexibility index (Phi) is 5.02. The lowest BCUT2D eigenvalue weighted by molar-refractivity contribution is 0.416. The van der Waals surface area contributed by atoms with Crippen LogP contribution in [0.5, 0.6) is 5.75 Å². The molecule has 18 heavy (non-hydrogen) atoms. The molecular formula is C13H21NO3S. The molecule has 0 saturated heterocycles. The van der Waals surface area contributed by atoms with Gasteiger partial charge < -0.3 is 4.74 Å². The van der Waals surface area contributed by atoms with Gasteiger partial charge in [0, 0.05) is 0 Å². The lowest BCUT2D eigenvalue weighted by atomic mass is 10.0. The van der Waals surface area contributed by atoms with E-state index in [0.717, 1.165) is 5.56 Å². The number of hydrogen-bond acceptors (Lipinski definition) is 3. The van der Waals surface area contributed by atoms with Gasteiger partial charge in [0.1, 0.15) is 5.75 Å². The zero-order valence-corrected chi connectivity index (χ0v) is 12.2. The predicted molar refractivity (Wildman–Crippen MR) is 74.8 cm³/mol. The van der Waals surface area contributed by atoms with Crippen molar-refractivity contribution < 1.29 is 13.2 Å². The lowest BCUT2D eigenvalue weighted by Gasteiger charge is -2.14. The largest absolute Gasteiger partial charge is 0.495 e. The van der Waals surface area contributed by atoms with Crippen molar-refractivity contribution in [2.24, 2.45) is 0 Å². The fourth-order valence-electron chi connectivity index (χ4n) is 1.65. The summed E-state index contributed by atoms with van der Waals surface area (Å²) in [7, 11) is -1.76. The zero-order chi connectivity index (χ0) is 13.8. The molecule has 0 radical (unpaired) electrons. The Morgan fingerprint density at radius 2 is 2.00 bits per heavy atom. The molecule has 1 rings (SSSR count). The molecule has 1 N–H and O–H groups in total. The summed E-state index contributed by atoms with van der Waals surface area (Å²) in [4.78, 5) is 0. The Morgan fingerprint density at radius 3 is 2.50 bits per heavy atom. The summed E-state index contributed by atoms with van der Waals surface area (Å²) in [5.74, 6) is 0.992. The molecule has 1 aromatic rings. The van der Waals surface area contributed by atoms with Crippen molar-refractivity contribution in [1.82, 2.24) is 0 Å². The first kappa shape index (κ1) is 14.8. The third kappa shape index (κ3) is 3.91. The molecule has 0 aromatic heterocycles. The first-order valence-corrected chi connectivity index (χ1v) is 7.73. The summed E-state index contributed by atoms with van der Waals surface area (Å²) in [6.07, 6.45) is 0.585. The molecule has 0 aliphatic rings. The predicted octanol–water partition coefficient (Wildman–Crippen LogP) is 2.97. The number of benzene rings is 1. The van der Waals surface area contributed by atoms with Crippen LogP contribution in [0.2, 0.25) is 0 Å². The smallest absolute Gasteiger partial charge is 0.232 e. The number of hydrogen-bond donors (Lipinski definition) is 1. The van der Waals surface area contributed by atoms with E-state index in [-0.39, 0.29) is 5.75 Å². The number of anilines is 1.